The zero-order valence-corrected chi connectivity index (χ0v) is 24.1. The Bertz CT molecular complexity index is 1780. The maximum Gasteiger partial charge on any atom is 0.324 e. The number of ether oxygens (including phenoxy) is 1. The van der Waals surface area contributed by atoms with Crippen molar-refractivity contribution in [2.75, 3.05) is 55.9 Å². The summed E-state index contributed by atoms with van der Waals surface area (Å²) in [4.78, 5) is 42.7. The highest BCUT2D eigenvalue weighted by molar-refractivity contribution is 6.00. The minimum absolute atomic E-state index is 0.110. The van der Waals surface area contributed by atoms with E-state index in [-0.39, 0.29) is 5.91 Å². The van der Waals surface area contributed by atoms with Crippen LogP contribution in [0.1, 0.15) is 16.1 Å². The van der Waals surface area contributed by atoms with Gasteiger partial charge in [0, 0.05) is 61.1 Å². The van der Waals surface area contributed by atoms with Gasteiger partial charge in [-0.15, -0.1) is 0 Å². The standard InChI is InChI=1S/C32H31N7O4/c1-20-4-12-27(43-20)22-7-11-25-26(18-22)35-29(37-30(25)39-14-16-42-17-15-39)23-8-13-28(33-19-23)36-32(41)34-24-9-5-21(6-10-24)31(40)38(2)3/h4-13,18-19H,14-17H2,1-3H3,(H2,33,34,36,41). The van der Waals surface area contributed by atoms with Crippen LogP contribution in [0.3, 0.4) is 0 Å². The van der Waals surface area contributed by atoms with Crippen LogP contribution in [0.15, 0.2) is 77.3 Å². The van der Waals surface area contributed by atoms with Crippen LogP contribution >= 0.6 is 0 Å². The Balaban J connectivity index is 1.23. The Morgan fingerprint density at radius 2 is 1.65 bits per heavy atom. The largest absolute Gasteiger partial charge is 0.461 e. The van der Waals surface area contributed by atoms with E-state index in [1.807, 2.05) is 43.3 Å². The number of aromatic nitrogens is 3. The second-order valence-corrected chi connectivity index (χ2v) is 10.4. The first-order valence-electron chi connectivity index (χ1n) is 13.9. The monoisotopic (exact) mass is 577 g/mol. The molecule has 1 saturated heterocycles. The number of nitrogens with one attached hydrogen (secondary N) is 2. The number of furan rings is 1. The molecule has 2 aromatic carbocycles. The van der Waals surface area contributed by atoms with Crippen LogP contribution in [0.5, 0.6) is 0 Å². The van der Waals surface area contributed by atoms with Gasteiger partial charge < -0.3 is 24.3 Å². The van der Waals surface area contributed by atoms with Crippen molar-refractivity contribution in [3.05, 3.63) is 84.3 Å². The number of pyridine rings is 1. The molecule has 218 valence electrons. The number of benzene rings is 2. The van der Waals surface area contributed by atoms with Gasteiger partial charge in [-0.05, 0) is 67.6 Å². The van der Waals surface area contributed by atoms with Gasteiger partial charge >= 0.3 is 6.03 Å². The molecular formula is C32H31N7O4. The molecule has 11 nitrogen and oxygen atoms in total. The zero-order chi connectivity index (χ0) is 29.9. The van der Waals surface area contributed by atoms with Crippen molar-refractivity contribution in [1.82, 2.24) is 19.9 Å². The maximum absolute atomic E-state index is 12.6. The summed E-state index contributed by atoms with van der Waals surface area (Å²) in [5, 5.41) is 6.43. The number of carbonyl (C=O) groups excluding carboxylic acids is 2. The van der Waals surface area contributed by atoms with E-state index in [1.54, 1.807) is 50.6 Å². The summed E-state index contributed by atoms with van der Waals surface area (Å²) in [5.74, 6) is 3.24. The number of amides is 3. The smallest absolute Gasteiger partial charge is 0.324 e. The molecule has 0 atom stereocenters. The van der Waals surface area contributed by atoms with Gasteiger partial charge in [-0.25, -0.2) is 19.7 Å². The Morgan fingerprint density at radius 1 is 0.884 bits per heavy atom. The van der Waals surface area contributed by atoms with Gasteiger partial charge in [0.15, 0.2) is 5.82 Å². The van der Waals surface area contributed by atoms with Gasteiger partial charge in [0.05, 0.1) is 18.7 Å². The number of morpholine rings is 1. The number of anilines is 3. The lowest BCUT2D eigenvalue weighted by molar-refractivity contribution is 0.0827. The van der Waals surface area contributed by atoms with E-state index in [1.165, 1.54) is 4.90 Å². The summed E-state index contributed by atoms with van der Waals surface area (Å²) in [6.45, 7) is 4.65. The van der Waals surface area contributed by atoms with Crippen molar-refractivity contribution < 1.29 is 18.7 Å². The summed E-state index contributed by atoms with van der Waals surface area (Å²) in [6.07, 6.45) is 1.64. The molecule has 1 aliphatic heterocycles. The minimum atomic E-state index is -0.454. The van der Waals surface area contributed by atoms with Gasteiger partial charge in [-0.2, -0.15) is 0 Å². The molecule has 1 aliphatic rings. The Hall–Kier alpha value is -5.29. The van der Waals surface area contributed by atoms with Crippen molar-refractivity contribution in [3.8, 4) is 22.7 Å². The molecule has 6 rings (SSSR count). The fourth-order valence-corrected chi connectivity index (χ4v) is 4.83. The topological polar surface area (TPSA) is 126 Å². The molecule has 0 spiro atoms. The third-order valence-corrected chi connectivity index (χ3v) is 7.07. The molecule has 0 bridgehead atoms. The van der Waals surface area contributed by atoms with Crippen LogP contribution in [0, 0.1) is 6.92 Å². The van der Waals surface area contributed by atoms with Gasteiger partial charge in [-0.1, -0.05) is 6.07 Å². The molecule has 43 heavy (non-hydrogen) atoms. The first-order valence-corrected chi connectivity index (χ1v) is 13.9. The van der Waals surface area contributed by atoms with E-state index in [0.717, 1.165) is 46.9 Å². The van der Waals surface area contributed by atoms with Crippen LogP contribution in [-0.4, -0.2) is 72.2 Å². The van der Waals surface area contributed by atoms with Crippen molar-refractivity contribution in [2.45, 2.75) is 6.92 Å². The predicted octanol–water partition coefficient (Wildman–Crippen LogP) is 5.44. The number of fused-ring (bicyclic) bond motifs is 1. The summed E-state index contributed by atoms with van der Waals surface area (Å²) in [7, 11) is 3.38. The summed E-state index contributed by atoms with van der Waals surface area (Å²) in [5.41, 5.74) is 3.52. The Morgan fingerprint density at radius 3 is 2.33 bits per heavy atom. The predicted molar refractivity (Wildman–Crippen MR) is 165 cm³/mol. The minimum Gasteiger partial charge on any atom is -0.461 e. The number of rotatable bonds is 6. The quantitative estimate of drug-likeness (QED) is 0.273. The first-order chi connectivity index (χ1) is 20.8. The van der Waals surface area contributed by atoms with Crippen LogP contribution in [-0.2, 0) is 4.74 Å². The molecule has 0 aliphatic carbocycles. The van der Waals surface area contributed by atoms with Gasteiger partial charge in [0.1, 0.15) is 23.2 Å². The Kier molecular flexibility index (Phi) is 7.71. The molecule has 2 N–H and O–H groups in total. The molecule has 1 fully saturated rings. The van der Waals surface area contributed by atoms with Gasteiger partial charge in [0.25, 0.3) is 5.91 Å². The lowest BCUT2D eigenvalue weighted by Crippen LogP contribution is -2.37. The second kappa shape index (κ2) is 11.9. The number of hydrogen-bond donors (Lipinski definition) is 2. The number of carbonyl (C=O) groups is 2. The van der Waals surface area contributed by atoms with Crippen LogP contribution in [0.4, 0.5) is 22.1 Å². The average Bonchev–Trinajstić information content (AvgIpc) is 3.47. The summed E-state index contributed by atoms with van der Waals surface area (Å²) >= 11 is 0. The van der Waals surface area contributed by atoms with E-state index in [9.17, 15) is 9.59 Å². The van der Waals surface area contributed by atoms with Crippen molar-refractivity contribution in [3.63, 3.8) is 0 Å². The van der Waals surface area contributed by atoms with Gasteiger partial charge in [0.2, 0.25) is 0 Å². The summed E-state index contributed by atoms with van der Waals surface area (Å²) in [6, 6.07) is 19.7. The molecule has 4 heterocycles. The maximum atomic E-state index is 12.6. The highest BCUT2D eigenvalue weighted by atomic mass is 16.5. The van der Waals surface area contributed by atoms with E-state index in [2.05, 4.69) is 20.5 Å². The molecular weight excluding hydrogens is 546 g/mol. The van der Waals surface area contributed by atoms with E-state index in [4.69, 9.17) is 19.1 Å². The number of aryl methyl sites for hydroxylation is 1. The first kappa shape index (κ1) is 27.9. The number of hydrogen-bond acceptors (Lipinski definition) is 8. The third kappa shape index (κ3) is 6.16. The molecule has 0 radical (unpaired) electrons. The highest BCUT2D eigenvalue weighted by Gasteiger charge is 2.19. The molecule has 5 aromatic rings. The molecule has 0 unspecified atom stereocenters. The number of urea groups is 1. The van der Waals surface area contributed by atoms with E-state index in [0.29, 0.717) is 41.7 Å². The normalized spacial score (nSPS) is 13.1. The van der Waals surface area contributed by atoms with Crippen LogP contribution < -0.4 is 15.5 Å². The lowest BCUT2D eigenvalue weighted by Gasteiger charge is -2.29. The molecule has 3 amide bonds. The zero-order valence-electron chi connectivity index (χ0n) is 24.1. The molecule has 3 aromatic heterocycles. The number of nitrogens with zero attached hydrogens (tertiary/aromatic N) is 5. The van der Waals surface area contributed by atoms with Crippen LogP contribution in [0.25, 0.3) is 33.6 Å². The second-order valence-electron chi connectivity index (χ2n) is 10.4. The van der Waals surface area contributed by atoms with Crippen molar-refractivity contribution in [2.24, 2.45) is 0 Å². The average molecular weight is 578 g/mol. The van der Waals surface area contributed by atoms with E-state index < -0.39 is 6.03 Å². The Labute approximate surface area is 248 Å². The van der Waals surface area contributed by atoms with Crippen molar-refractivity contribution in [1.29, 1.82) is 0 Å². The molecule has 0 saturated carbocycles. The SMILES string of the molecule is Cc1ccc(-c2ccc3c(N4CCOCC4)nc(-c4ccc(NC(=O)Nc5ccc(C(=O)N(C)C)cc5)nc4)nc3c2)o1. The third-order valence-electron chi connectivity index (χ3n) is 7.07. The summed E-state index contributed by atoms with van der Waals surface area (Å²) < 4.78 is 11.4. The van der Waals surface area contributed by atoms with Crippen LogP contribution in [0.2, 0.25) is 0 Å². The van der Waals surface area contributed by atoms with Crippen molar-refractivity contribution >= 4 is 40.2 Å². The fraction of sp³-hybridized carbons (Fsp3) is 0.219. The highest BCUT2D eigenvalue weighted by Crippen LogP contribution is 2.32. The lowest BCUT2D eigenvalue weighted by atomic mass is 10.1. The molecule has 11 heteroatoms. The van der Waals surface area contributed by atoms with Gasteiger partial charge in [-0.3, -0.25) is 10.1 Å². The fourth-order valence-electron chi connectivity index (χ4n) is 4.83. The van der Waals surface area contributed by atoms with E-state index >= 15 is 0 Å².